The maximum Gasteiger partial charge on any atom is 0.254 e. The number of benzene rings is 2. The molecular weight excluding hydrogens is 329 g/mol. The van der Waals surface area contributed by atoms with Gasteiger partial charge in [0.1, 0.15) is 5.82 Å². The monoisotopic (exact) mass is 343 g/mol. The number of nitrogens with zero attached hydrogens (tertiary/aromatic N) is 2. The van der Waals surface area contributed by atoms with E-state index in [0.29, 0.717) is 18.0 Å². The van der Waals surface area contributed by atoms with E-state index in [-0.39, 0.29) is 5.56 Å². The van der Waals surface area contributed by atoms with E-state index in [1.54, 1.807) is 4.68 Å². The molecule has 122 valence electrons. The van der Waals surface area contributed by atoms with Crippen LogP contribution >= 0.6 is 11.6 Å². The van der Waals surface area contributed by atoms with Gasteiger partial charge in [-0.2, -0.15) is 5.10 Å². The Morgan fingerprint density at radius 1 is 1.17 bits per heavy atom. The molecule has 1 N–H and O–H groups in total. The lowest BCUT2D eigenvalue weighted by Gasteiger charge is -2.05. The van der Waals surface area contributed by atoms with Gasteiger partial charge in [-0.1, -0.05) is 29.8 Å². The highest BCUT2D eigenvalue weighted by Gasteiger charge is 2.12. The van der Waals surface area contributed by atoms with Crippen LogP contribution in [0.2, 0.25) is 5.02 Å². The van der Waals surface area contributed by atoms with Gasteiger partial charge in [-0.05, 0) is 36.4 Å². The van der Waals surface area contributed by atoms with E-state index in [4.69, 9.17) is 11.6 Å². The Hall–Kier alpha value is -2.66. The molecule has 0 fully saturated rings. The molecule has 0 saturated carbocycles. The summed E-state index contributed by atoms with van der Waals surface area (Å²) in [6, 6.07) is 15.5. The minimum Gasteiger partial charge on any atom is -0.352 e. The first-order chi connectivity index (χ1) is 11.6. The van der Waals surface area contributed by atoms with E-state index in [1.165, 1.54) is 18.2 Å². The highest BCUT2D eigenvalue weighted by molar-refractivity contribution is 6.31. The molecule has 6 heteroatoms. The Kier molecular flexibility index (Phi) is 4.91. The van der Waals surface area contributed by atoms with Crippen LogP contribution in [0.4, 0.5) is 4.39 Å². The third-order valence-corrected chi connectivity index (χ3v) is 3.74. The fourth-order valence-electron chi connectivity index (χ4n) is 2.29. The van der Waals surface area contributed by atoms with Gasteiger partial charge in [-0.15, -0.1) is 0 Å². The predicted octanol–water partition coefficient (Wildman–Crippen LogP) is 3.64. The van der Waals surface area contributed by atoms with Gasteiger partial charge in [0.15, 0.2) is 0 Å². The van der Waals surface area contributed by atoms with E-state index < -0.39 is 11.7 Å². The summed E-state index contributed by atoms with van der Waals surface area (Å²) in [5.41, 5.74) is 1.75. The van der Waals surface area contributed by atoms with Crippen molar-refractivity contribution in [1.82, 2.24) is 15.1 Å². The zero-order valence-electron chi connectivity index (χ0n) is 12.7. The molecule has 1 amide bonds. The van der Waals surface area contributed by atoms with Gasteiger partial charge in [0.2, 0.25) is 0 Å². The number of para-hydroxylation sites is 1. The summed E-state index contributed by atoms with van der Waals surface area (Å²) in [4.78, 5) is 12.0. The van der Waals surface area contributed by atoms with Crippen molar-refractivity contribution < 1.29 is 9.18 Å². The van der Waals surface area contributed by atoms with Crippen LogP contribution in [0, 0.1) is 5.82 Å². The molecule has 0 aliphatic heterocycles. The van der Waals surface area contributed by atoms with Crippen molar-refractivity contribution in [3.05, 3.63) is 82.9 Å². The molecule has 0 saturated heterocycles. The standard InChI is InChI=1S/C18H15ClFN3O/c19-13-6-7-17(20)16(12-13)18(24)21-10-8-14-9-11-23(22-14)15-4-2-1-3-5-15/h1-7,9,11-12H,8,10H2,(H,21,24). The maximum absolute atomic E-state index is 13.6. The van der Waals surface area contributed by atoms with Gasteiger partial charge < -0.3 is 5.32 Å². The topological polar surface area (TPSA) is 46.9 Å². The minimum atomic E-state index is -0.592. The summed E-state index contributed by atoms with van der Waals surface area (Å²) >= 11 is 5.79. The summed E-state index contributed by atoms with van der Waals surface area (Å²) in [5, 5.41) is 7.45. The number of hydrogen-bond acceptors (Lipinski definition) is 2. The highest BCUT2D eigenvalue weighted by atomic mass is 35.5. The van der Waals surface area contributed by atoms with Crippen molar-refractivity contribution in [1.29, 1.82) is 0 Å². The van der Waals surface area contributed by atoms with Crippen LogP contribution in [0.1, 0.15) is 16.1 Å². The van der Waals surface area contributed by atoms with Crippen molar-refractivity contribution >= 4 is 17.5 Å². The summed E-state index contributed by atoms with van der Waals surface area (Å²) in [6.45, 7) is 0.358. The third kappa shape index (κ3) is 3.81. The smallest absolute Gasteiger partial charge is 0.254 e. The number of amides is 1. The van der Waals surface area contributed by atoms with Crippen LogP contribution in [0.3, 0.4) is 0 Å². The van der Waals surface area contributed by atoms with Crippen molar-refractivity contribution in [2.75, 3.05) is 6.54 Å². The van der Waals surface area contributed by atoms with Crippen LogP contribution in [-0.2, 0) is 6.42 Å². The number of carbonyl (C=O) groups excluding carboxylic acids is 1. The van der Waals surface area contributed by atoms with Gasteiger partial charge in [0, 0.05) is 24.2 Å². The SMILES string of the molecule is O=C(NCCc1ccn(-c2ccccc2)n1)c1cc(Cl)ccc1F. The summed E-state index contributed by atoms with van der Waals surface area (Å²) in [5.74, 6) is -1.08. The molecule has 24 heavy (non-hydrogen) atoms. The van der Waals surface area contributed by atoms with Gasteiger partial charge in [-0.3, -0.25) is 4.79 Å². The largest absolute Gasteiger partial charge is 0.352 e. The first kappa shape index (κ1) is 16.2. The number of nitrogens with one attached hydrogen (secondary N) is 1. The second-order valence-corrected chi connectivity index (χ2v) is 5.65. The first-order valence-corrected chi connectivity index (χ1v) is 7.84. The molecule has 3 aromatic rings. The lowest BCUT2D eigenvalue weighted by molar-refractivity contribution is 0.0950. The highest BCUT2D eigenvalue weighted by Crippen LogP contribution is 2.14. The summed E-state index contributed by atoms with van der Waals surface area (Å²) in [7, 11) is 0. The zero-order valence-corrected chi connectivity index (χ0v) is 13.5. The van der Waals surface area contributed by atoms with Crippen LogP contribution in [-0.4, -0.2) is 22.2 Å². The molecule has 3 rings (SSSR count). The quantitative estimate of drug-likeness (QED) is 0.769. The second kappa shape index (κ2) is 7.27. The lowest BCUT2D eigenvalue weighted by atomic mass is 10.2. The normalized spacial score (nSPS) is 10.6. The molecule has 0 bridgehead atoms. The van der Waals surface area contributed by atoms with Crippen molar-refractivity contribution in [3.8, 4) is 5.69 Å². The minimum absolute atomic E-state index is 0.0580. The second-order valence-electron chi connectivity index (χ2n) is 5.22. The van der Waals surface area contributed by atoms with E-state index in [1.807, 2.05) is 42.6 Å². The van der Waals surface area contributed by atoms with Crippen LogP contribution in [0.15, 0.2) is 60.8 Å². The van der Waals surface area contributed by atoms with Gasteiger partial charge in [0.05, 0.1) is 16.9 Å². The molecule has 1 aromatic heterocycles. The molecule has 1 heterocycles. The maximum atomic E-state index is 13.6. The molecule has 0 radical (unpaired) electrons. The van der Waals surface area contributed by atoms with Gasteiger partial charge >= 0.3 is 0 Å². The number of carbonyl (C=O) groups is 1. The number of aromatic nitrogens is 2. The fourth-order valence-corrected chi connectivity index (χ4v) is 2.46. The Bertz CT molecular complexity index is 848. The fraction of sp³-hybridized carbons (Fsp3) is 0.111. The molecule has 0 aliphatic rings. The van der Waals surface area contributed by atoms with Crippen molar-refractivity contribution in [2.24, 2.45) is 0 Å². The van der Waals surface area contributed by atoms with E-state index in [0.717, 1.165) is 11.4 Å². The Balaban J connectivity index is 1.58. The Labute approximate surface area is 143 Å². The molecule has 0 unspecified atom stereocenters. The van der Waals surface area contributed by atoms with Crippen LogP contribution in [0.5, 0.6) is 0 Å². The Morgan fingerprint density at radius 3 is 2.75 bits per heavy atom. The average Bonchev–Trinajstić information content (AvgIpc) is 3.06. The van der Waals surface area contributed by atoms with E-state index >= 15 is 0 Å². The van der Waals surface area contributed by atoms with Crippen molar-refractivity contribution in [3.63, 3.8) is 0 Å². The summed E-state index contributed by atoms with van der Waals surface area (Å²) in [6.07, 6.45) is 2.41. The number of halogens is 2. The molecule has 0 aliphatic carbocycles. The van der Waals surface area contributed by atoms with Gasteiger partial charge in [-0.25, -0.2) is 9.07 Å². The van der Waals surface area contributed by atoms with Crippen LogP contribution < -0.4 is 5.32 Å². The first-order valence-electron chi connectivity index (χ1n) is 7.47. The average molecular weight is 344 g/mol. The molecule has 2 aromatic carbocycles. The third-order valence-electron chi connectivity index (χ3n) is 3.50. The molecule has 0 spiro atoms. The molecule has 0 atom stereocenters. The summed E-state index contributed by atoms with van der Waals surface area (Å²) < 4.78 is 15.4. The zero-order chi connectivity index (χ0) is 16.9. The van der Waals surface area contributed by atoms with E-state index in [9.17, 15) is 9.18 Å². The molecular formula is C18H15ClFN3O. The van der Waals surface area contributed by atoms with Crippen molar-refractivity contribution in [2.45, 2.75) is 6.42 Å². The Morgan fingerprint density at radius 2 is 1.96 bits per heavy atom. The van der Waals surface area contributed by atoms with E-state index in [2.05, 4.69) is 10.4 Å². The number of rotatable bonds is 5. The lowest BCUT2D eigenvalue weighted by Crippen LogP contribution is -2.26. The van der Waals surface area contributed by atoms with Gasteiger partial charge in [0.25, 0.3) is 5.91 Å². The predicted molar refractivity (Wildman–Crippen MR) is 91.0 cm³/mol. The molecule has 4 nitrogen and oxygen atoms in total. The van der Waals surface area contributed by atoms with Crippen LogP contribution in [0.25, 0.3) is 5.69 Å². The number of hydrogen-bond donors (Lipinski definition) is 1.